The van der Waals surface area contributed by atoms with E-state index in [9.17, 15) is 9.59 Å². The Morgan fingerprint density at radius 1 is 1.06 bits per heavy atom. The van der Waals surface area contributed by atoms with Crippen molar-refractivity contribution in [3.63, 3.8) is 0 Å². The Labute approximate surface area is 214 Å². The molecule has 1 atom stereocenters. The summed E-state index contributed by atoms with van der Waals surface area (Å²) in [7, 11) is 0. The molecule has 36 heavy (non-hydrogen) atoms. The normalized spacial score (nSPS) is 12.6. The summed E-state index contributed by atoms with van der Waals surface area (Å²) in [5.41, 5.74) is 3.64. The third-order valence-corrected chi connectivity index (χ3v) is 6.34. The first-order valence-corrected chi connectivity index (χ1v) is 12.8. The Hall–Kier alpha value is -3.54. The lowest BCUT2D eigenvalue weighted by molar-refractivity contribution is -0.137. The Balaban J connectivity index is 1.66. The topological polar surface area (TPSA) is 80.6 Å². The number of ether oxygens (including phenoxy) is 1. The number of hydrogen-bond acceptors (Lipinski definition) is 3. The molecule has 1 heterocycles. The molecule has 1 unspecified atom stereocenters. The summed E-state index contributed by atoms with van der Waals surface area (Å²) in [5.74, 6) is 0.155. The second-order valence-corrected chi connectivity index (χ2v) is 9.83. The SMILES string of the molecule is CC(=CC(=O)Nc1ccccc1OCCCC(=O)O)c1ccc2c(ccn2C(C)CCCC(C)C)c1. The lowest BCUT2D eigenvalue weighted by Gasteiger charge is -2.16. The number of carboxylic acids is 1. The minimum Gasteiger partial charge on any atom is -0.491 e. The fraction of sp³-hybridized carbons (Fsp3) is 0.400. The van der Waals surface area contributed by atoms with Crippen LogP contribution in [0.5, 0.6) is 5.75 Å². The van der Waals surface area contributed by atoms with Gasteiger partial charge in [-0.05, 0) is 74.1 Å². The second-order valence-electron chi connectivity index (χ2n) is 9.83. The van der Waals surface area contributed by atoms with Crippen LogP contribution in [0.1, 0.15) is 71.4 Å². The van der Waals surface area contributed by atoms with Crippen LogP contribution in [0.15, 0.2) is 60.8 Å². The van der Waals surface area contributed by atoms with E-state index in [1.54, 1.807) is 18.2 Å². The molecule has 3 rings (SSSR count). The number of nitrogens with one attached hydrogen (secondary N) is 1. The predicted octanol–water partition coefficient (Wildman–Crippen LogP) is 7.31. The maximum atomic E-state index is 12.7. The van der Waals surface area contributed by atoms with Gasteiger partial charge in [0.05, 0.1) is 12.3 Å². The van der Waals surface area contributed by atoms with Crippen LogP contribution in [-0.2, 0) is 9.59 Å². The van der Waals surface area contributed by atoms with E-state index in [2.05, 4.69) is 61.1 Å². The van der Waals surface area contributed by atoms with Gasteiger partial charge in [-0.15, -0.1) is 0 Å². The van der Waals surface area contributed by atoms with Gasteiger partial charge in [0.1, 0.15) is 5.75 Å². The minimum absolute atomic E-state index is 0.0429. The maximum absolute atomic E-state index is 12.7. The zero-order valence-corrected chi connectivity index (χ0v) is 21.8. The number of aromatic nitrogens is 1. The van der Waals surface area contributed by atoms with Gasteiger partial charge in [-0.25, -0.2) is 0 Å². The van der Waals surface area contributed by atoms with Gasteiger partial charge in [-0.2, -0.15) is 0 Å². The summed E-state index contributed by atoms with van der Waals surface area (Å²) in [6.45, 7) is 9.01. The molecule has 0 fully saturated rings. The molecule has 192 valence electrons. The Morgan fingerprint density at radius 3 is 2.58 bits per heavy atom. The molecule has 0 bridgehead atoms. The Morgan fingerprint density at radius 2 is 1.83 bits per heavy atom. The van der Waals surface area contributed by atoms with E-state index in [4.69, 9.17) is 9.84 Å². The molecule has 0 aliphatic heterocycles. The van der Waals surface area contributed by atoms with Crippen molar-refractivity contribution in [3.8, 4) is 5.75 Å². The van der Waals surface area contributed by atoms with Crippen molar-refractivity contribution in [2.75, 3.05) is 11.9 Å². The van der Waals surface area contributed by atoms with Gasteiger partial charge in [0.25, 0.3) is 0 Å². The van der Waals surface area contributed by atoms with Gasteiger partial charge < -0.3 is 19.7 Å². The van der Waals surface area contributed by atoms with Gasteiger partial charge in [-0.1, -0.05) is 44.9 Å². The second kappa shape index (κ2) is 13.0. The third-order valence-electron chi connectivity index (χ3n) is 6.34. The van der Waals surface area contributed by atoms with Crippen LogP contribution < -0.4 is 10.1 Å². The Kier molecular flexibility index (Phi) is 9.74. The molecular formula is C30H38N2O4. The van der Waals surface area contributed by atoms with Gasteiger partial charge in [0.15, 0.2) is 0 Å². The van der Waals surface area contributed by atoms with Crippen molar-refractivity contribution < 1.29 is 19.4 Å². The quantitative estimate of drug-likeness (QED) is 0.194. The maximum Gasteiger partial charge on any atom is 0.303 e. The van der Waals surface area contributed by atoms with E-state index in [1.165, 1.54) is 18.4 Å². The number of para-hydroxylation sites is 2. The van der Waals surface area contributed by atoms with Gasteiger partial charge >= 0.3 is 5.97 Å². The van der Waals surface area contributed by atoms with Crippen molar-refractivity contribution in [1.29, 1.82) is 0 Å². The highest BCUT2D eigenvalue weighted by atomic mass is 16.5. The standard InChI is InChI=1S/C30H38N2O4/c1-21(2)9-7-10-23(4)32-17-16-25-20-24(14-15-27(25)32)22(3)19-29(33)31-26-11-5-6-12-28(26)36-18-8-13-30(34)35/h5-6,11-12,14-17,19-21,23H,7-10,13,18H2,1-4H3,(H,31,33)(H,34,35). The van der Waals surface area contributed by atoms with Crippen molar-refractivity contribution in [2.24, 2.45) is 5.92 Å². The molecule has 3 aromatic rings. The van der Waals surface area contributed by atoms with E-state index in [1.807, 2.05) is 19.1 Å². The summed E-state index contributed by atoms with van der Waals surface area (Å²) in [4.78, 5) is 23.4. The highest BCUT2D eigenvalue weighted by Gasteiger charge is 2.11. The zero-order valence-electron chi connectivity index (χ0n) is 21.8. The summed E-state index contributed by atoms with van der Waals surface area (Å²) < 4.78 is 8.03. The molecule has 0 saturated carbocycles. The number of carbonyl (C=O) groups is 2. The summed E-state index contributed by atoms with van der Waals surface area (Å²) >= 11 is 0. The Bertz CT molecular complexity index is 1210. The van der Waals surface area contributed by atoms with Crippen LogP contribution in [0.2, 0.25) is 0 Å². The molecule has 2 N–H and O–H groups in total. The molecule has 0 aliphatic rings. The molecule has 0 aliphatic carbocycles. The van der Waals surface area contributed by atoms with E-state index in [-0.39, 0.29) is 18.9 Å². The van der Waals surface area contributed by atoms with Crippen LogP contribution in [-0.4, -0.2) is 28.2 Å². The highest BCUT2D eigenvalue weighted by Crippen LogP contribution is 2.28. The fourth-order valence-electron chi connectivity index (χ4n) is 4.30. The number of nitrogens with zero attached hydrogens (tertiary/aromatic N) is 1. The van der Waals surface area contributed by atoms with Crippen molar-refractivity contribution in [3.05, 3.63) is 66.4 Å². The summed E-state index contributed by atoms with van der Waals surface area (Å²) in [6.07, 6.45) is 7.83. The van der Waals surface area contributed by atoms with E-state index >= 15 is 0 Å². The third kappa shape index (κ3) is 7.74. The molecule has 1 aromatic heterocycles. The first-order valence-electron chi connectivity index (χ1n) is 12.8. The van der Waals surface area contributed by atoms with Crippen LogP contribution in [0.3, 0.4) is 0 Å². The van der Waals surface area contributed by atoms with Crippen molar-refractivity contribution in [2.45, 2.75) is 65.8 Å². The average Bonchev–Trinajstić information content (AvgIpc) is 3.25. The fourth-order valence-corrected chi connectivity index (χ4v) is 4.30. The summed E-state index contributed by atoms with van der Waals surface area (Å²) in [5, 5.41) is 12.8. The summed E-state index contributed by atoms with van der Waals surface area (Å²) in [6, 6.07) is 16.1. The average molecular weight is 491 g/mol. The number of benzene rings is 2. The van der Waals surface area contributed by atoms with Gasteiger partial charge in [0, 0.05) is 35.6 Å². The lowest BCUT2D eigenvalue weighted by Crippen LogP contribution is -2.11. The molecule has 1 amide bonds. The number of carboxylic acid groups (broad SMARTS) is 1. The number of allylic oxidation sites excluding steroid dienone is 1. The number of aliphatic carboxylic acids is 1. The number of amides is 1. The number of anilines is 1. The van der Waals surface area contributed by atoms with Gasteiger partial charge in [0.2, 0.25) is 5.91 Å². The van der Waals surface area contributed by atoms with Gasteiger partial charge in [-0.3, -0.25) is 9.59 Å². The van der Waals surface area contributed by atoms with Crippen LogP contribution in [0, 0.1) is 5.92 Å². The van der Waals surface area contributed by atoms with E-state index < -0.39 is 5.97 Å². The minimum atomic E-state index is -0.855. The predicted molar refractivity (Wildman–Crippen MR) is 146 cm³/mol. The highest BCUT2D eigenvalue weighted by molar-refractivity contribution is 6.04. The number of hydrogen-bond donors (Lipinski definition) is 2. The molecular weight excluding hydrogens is 452 g/mol. The van der Waals surface area contributed by atoms with Crippen LogP contribution >= 0.6 is 0 Å². The van der Waals surface area contributed by atoms with E-state index in [0.717, 1.165) is 28.9 Å². The lowest BCUT2D eigenvalue weighted by atomic mass is 10.0. The largest absolute Gasteiger partial charge is 0.491 e. The first kappa shape index (κ1) is 27.1. The molecule has 0 saturated heterocycles. The van der Waals surface area contributed by atoms with Crippen LogP contribution in [0.25, 0.3) is 16.5 Å². The number of fused-ring (bicyclic) bond motifs is 1. The van der Waals surface area contributed by atoms with E-state index in [0.29, 0.717) is 23.9 Å². The zero-order chi connectivity index (χ0) is 26.1. The van der Waals surface area contributed by atoms with Crippen LogP contribution in [0.4, 0.5) is 5.69 Å². The molecule has 0 radical (unpaired) electrons. The first-order chi connectivity index (χ1) is 17.2. The molecule has 0 spiro atoms. The van der Waals surface area contributed by atoms with Crippen molar-refractivity contribution >= 4 is 34.0 Å². The number of carbonyl (C=O) groups excluding carboxylic acids is 1. The smallest absolute Gasteiger partial charge is 0.303 e. The molecule has 6 heteroatoms. The molecule has 2 aromatic carbocycles. The number of rotatable bonds is 13. The monoisotopic (exact) mass is 490 g/mol. The molecule has 6 nitrogen and oxygen atoms in total. The van der Waals surface area contributed by atoms with Crippen molar-refractivity contribution in [1.82, 2.24) is 4.57 Å².